The molecule has 0 atom stereocenters. The molecule has 0 unspecified atom stereocenters. The first-order valence-electron chi connectivity index (χ1n) is 33.6. The van der Waals surface area contributed by atoms with E-state index in [9.17, 15) is 4.79 Å². The molecule has 0 saturated carbocycles. The molecule has 0 aromatic heterocycles. The van der Waals surface area contributed by atoms with E-state index >= 15 is 0 Å². The zero-order valence-corrected chi connectivity index (χ0v) is 57.8. The number of hydrogen-bond donors (Lipinski definition) is 14. The van der Waals surface area contributed by atoms with Crippen LogP contribution in [0.15, 0.2) is 275 Å². The number of nitrogens with two attached hydrogens (primary N) is 9. The fourth-order valence-corrected chi connectivity index (χ4v) is 13.0. The number of nitrogen functional groups attached to an aromatic ring is 9. The van der Waals surface area contributed by atoms with Crippen molar-refractivity contribution in [2.75, 3.05) is 72.9 Å². The van der Waals surface area contributed by atoms with E-state index in [2.05, 4.69) is 174 Å². The molecule has 6 aliphatic rings. The number of carbonyl (C=O) groups excluding carboxylic acids is 1. The highest BCUT2D eigenvalue weighted by molar-refractivity contribution is 5.99. The van der Waals surface area contributed by atoms with Crippen molar-refractivity contribution in [3.8, 4) is 0 Å². The third kappa shape index (κ3) is 13.6. The van der Waals surface area contributed by atoms with Crippen LogP contribution in [0.2, 0.25) is 0 Å². The standard InChI is InChI=1S/C36H22N8.C34H30N8.C7H7NO.C6H10N4.H3N.H2O/c1-5-13-27-23(9-1)19-41-31-17-33-34(18-32(31)42-20-24-10-2-6-14-28(24)38-35(41,42)37-27)44-22-26-12-4-8-16-30(26)40-36(44)39-29-15-7-3-11-25(29)21-43(33)36;35-27-13-5-1-9-23(27)19-39-31-17-33(41-21-25-11-3-7-15-29(25)37)34(42-22-26-12-4-8-16-30(26)38)18-32(31)40-20-24-10-2-6-14-28(24)36;8-7-4-2-1-3-6(7)5-9;7-3-1-4(8)6(10)2-5(3)9;;/h1-22H;1-22H,35-38H2;1-5H,8H2;1-2H,7-10H2;1H3;1H2/p+4. The van der Waals surface area contributed by atoms with E-state index in [1.54, 1.807) is 61.3 Å². The molecule has 24 heteroatoms. The van der Waals surface area contributed by atoms with Crippen LogP contribution in [0.25, 0.3) is 0 Å². The third-order valence-electron chi connectivity index (χ3n) is 18.5. The van der Waals surface area contributed by atoms with E-state index in [1.807, 2.05) is 109 Å². The Bertz CT molecular complexity index is 5120. The number of fused-ring (bicyclic) bond motifs is 10. The summed E-state index contributed by atoms with van der Waals surface area (Å²) in [7, 11) is 0. The van der Waals surface area contributed by atoms with Crippen LogP contribution in [0.1, 0.15) is 54.9 Å². The smallest absolute Gasteiger partial charge is 0.412 e. The molecule has 2 spiro atoms. The van der Waals surface area contributed by atoms with Gasteiger partial charge in [-0.25, -0.2) is 21.3 Å². The number of nitrogens with one attached hydrogen (secondary N) is 4. The van der Waals surface area contributed by atoms with Gasteiger partial charge in [0.25, 0.3) is 22.7 Å². The Labute approximate surface area is 616 Å². The fraction of sp³-hybridized carbons (Fsp3) is 0.0241. The second-order valence-electron chi connectivity index (χ2n) is 25.3. The van der Waals surface area contributed by atoms with E-state index in [-0.39, 0.29) is 11.6 Å². The SMILES string of the molecule is C1=[N+]2c3cc4c(cc3[N+]3=Cc5ccccc5NC23Nc2ccccc21)[N+]1=Cc2ccccc2NC12Nc1ccccc1C=[N+]42.N.Nc1cc(N)c(N)cc1N.Nc1ccccc1C=Nc1cc(N=Cc2ccccc2N)c(N=Cc2ccccc2N)cc1N=Cc1ccccc1N.Nc1ccccc1C=O.O. The monoisotopic (exact) mass is 1410 g/mol. The molecule has 0 bridgehead atoms. The van der Waals surface area contributed by atoms with Gasteiger partial charge in [-0.3, -0.25) is 24.8 Å². The lowest BCUT2D eigenvalue weighted by Crippen LogP contribution is -2.62. The lowest BCUT2D eigenvalue weighted by molar-refractivity contribution is -0.717. The summed E-state index contributed by atoms with van der Waals surface area (Å²) in [6.45, 7) is 0. The van der Waals surface area contributed by atoms with Crippen LogP contribution in [-0.2, 0) is 0 Å². The van der Waals surface area contributed by atoms with Crippen molar-refractivity contribution in [1.29, 1.82) is 0 Å². The van der Waals surface area contributed by atoms with Crippen LogP contribution in [-0.4, -0.2) is 91.6 Å². The lowest BCUT2D eigenvalue weighted by Gasteiger charge is -2.30. The Kier molecular flexibility index (Phi) is 19.4. The van der Waals surface area contributed by atoms with Crippen molar-refractivity contribution < 1.29 is 28.6 Å². The summed E-state index contributed by atoms with van der Waals surface area (Å²) < 4.78 is 9.38. The molecular weight excluding hydrogens is 1340 g/mol. The number of nitrogens with zero attached hydrogens (tertiary/aromatic N) is 8. The van der Waals surface area contributed by atoms with E-state index in [0.29, 0.717) is 79.5 Å². The van der Waals surface area contributed by atoms with Crippen LogP contribution in [0.3, 0.4) is 0 Å². The van der Waals surface area contributed by atoms with Gasteiger partial charge in [0.15, 0.2) is 31.1 Å². The molecule has 528 valence electrons. The van der Waals surface area contributed by atoms with Crippen LogP contribution in [0.4, 0.5) is 119 Å². The Morgan fingerprint density at radius 2 is 0.486 bits per heavy atom. The minimum atomic E-state index is -0.732. The zero-order valence-electron chi connectivity index (χ0n) is 57.8. The van der Waals surface area contributed by atoms with E-state index in [0.717, 1.165) is 96.3 Å². The summed E-state index contributed by atoms with van der Waals surface area (Å²) in [5.74, 6) is -1.46. The highest BCUT2D eigenvalue weighted by Crippen LogP contribution is 2.55. The Hall–Kier alpha value is -15.0. The van der Waals surface area contributed by atoms with E-state index in [4.69, 9.17) is 71.6 Å². The minimum absolute atomic E-state index is 0. The third-order valence-corrected chi connectivity index (χ3v) is 18.5. The van der Waals surface area contributed by atoms with Crippen molar-refractivity contribution in [3.05, 3.63) is 305 Å². The summed E-state index contributed by atoms with van der Waals surface area (Å²) in [4.78, 5) is 29.2. The number of aldehydes is 1. The second kappa shape index (κ2) is 29.5. The average Bonchev–Trinajstić information content (AvgIpc) is 1.52. The van der Waals surface area contributed by atoms with Gasteiger partial charge in [0.2, 0.25) is 0 Å². The van der Waals surface area contributed by atoms with Gasteiger partial charge in [-0.2, -0.15) is 0 Å². The number of benzene rings is 12. The first-order valence-corrected chi connectivity index (χ1v) is 33.6. The quantitative estimate of drug-likeness (QED) is 0.0276. The van der Waals surface area contributed by atoms with Crippen LogP contribution < -0.4 is 79.0 Å². The average molecular weight is 1420 g/mol. The Morgan fingerprint density at radius 1 is 0.271 bits per heavy atom. The molecule has 0 fully saturated rings. The molecule has 0 radical (unpaired) electrons. The van der Waals surface area contributed by atoms with Crippen molar-refractivity contribution in [3.63, 3.8) is 0 Å². The first-order chi connectivity index (χ1) is 51.1. The topological polar surface area (TPSA) is 427 Å². The number of carbonyl (C=O) groups is 1. The molecule has 0 saturated heterocycles. The van der Waals surface area contributed by atoms with Gasteiger partial charge in [-0.05, 0) is 109 Å². The largest absolute Gasteiger partial charge is 0.539 e. The number of rotatable bonds is 9. The van der Waals surface area contributed by atoms with E-state index < -0.39 is 11.8 Å². The van der Waals surface area contributed by atoms with Gasteiger partial charge in [0.05, 0.1) is 103 Å². The summed E-state index contributed by atoms with van der Waals surface area (Å²) in [6.07, 6.45) is 16.6. The van der Waals surface area contributed by atoms with Crippen LogP contribution in [0, 0.1) is 0 Å². The van der Waals surface area contributed by atoms with Gasteiger partial charge in [-0.1, -0.05) is 152 Å². The normalized spacial score (nSPS) is 14.0. The maximum Gasteiger partial charge on any atom is 0.539 e. The predicted octanol–water partition coefficient (Wildman–Crippen LogP) is 13.1. The Balaban J connectivity index is 0.000000150. The molecule has 12 aromatic rings. The molecule has 6 aliphatic heterocycles. The molecule has 18 rings (SSSR count). The molecule has 24 nitrogen and oxygen atoms in total. The first kappa shape index (κ1) is 70.4. The molecule has 12 aromatic carbocycles. The maximum absolute atomic E-state index is 10.1. The maximum atomic E-state index is 10.1. The van der Waals surface area contributed by atoms with Gasteiger partial charge in [-0.15, -0.1) is 0 Å². The molecule has 27 N–H and O–H groups in total. The van der Waals surface area contributed by atoms with Gasteiger partial charge in [0, 0.05) is 81.1 Å². The summed E-state index contributed by atoms with van der Waals surface area (Å²) >= 11 is 0. The van der Waals surface area contributed by atoms with Crippen molar-refractivity contribution in [2.45, 2.75) is 11.8 Å². The highest BCUT2D eigenvalue weighted by atomic mass is 16.1. The number of anilines is 13. The number of para-hydroxylation sites is 9. The van der Waals surface area contributed by atoms with Crippen molar-refractivity contribution in [1.82, 2.24) is 6.15 Å². The van der Waals surface area contributed by atoms with E-state index in [1.165, 1.54) is 0 Å². The van der Waals surface area contributed by atoms with Crippen molar-refractivity contribution >= 4 is 175 Å². The Morgan fingerprint density at radius 3 is 0.710 bits per heavy atom. The summed E-state index contributed by atoms with van der Waals surface area (Å²) in [5.41, 5.74) is 75.9. The summed E-state index contributed by atoms with van der Waals surface area (Å²) in [6, 6.07) is 82.3. The van der Waals surface area contributed by atoms with Crippen molar-refractivity contribution in [2.24, 2.45) is 20.0 Å². The zero-order chi connectivity index (χ0) is 72.3. The lowest BCUT2D eigenvalue weighted by atomic mass is 10.1. The molecule has 107 heavy (non-hydrogen) atoms. The number of aliphatic imine (C=N–C) groups is 4. The van der Waals surface area contributed by atoms with Gasteiger partial charge < -0.3 is 63.2 Å². The molecular formula is C83H78N22O2+4. The number of hydrogen-bond acceptors (Lipinski definition) is 19. The molecule has 6 heterocycles. The minimum Gasteiger partial charge on any atom is -0.412 e. The van der Waals surface area contributed by atoms with Gasteiger partial charge in [0.1, 0.15) is 0 Å². The second-order valence-corrected chi connectivity index (χ2v) is 25.3. The molecule has 0 amide bonds. The molecule has 0 aliphatic carbocycles. The fourth-order valence-electron chi connectivity index (χ4n) is 13.0. The summed E-state index contributed by atoms with van der Waals surface area (Å²) in [5, 5.41) is 15.5. The highest BCUT2D eigenvalue weighted by Gasteiger charge is 2.71. The van der Waals surface area contributed by atoms with Crippen LogP contribution >= 0.6 is 0 Å². The van der Waals surface area contributed by atoms with Gasteiger partial charge >= 0.3 is 11.8 Å². The predicted molar refractivity (Wildman–Crippen MR) is 440 cm³/mol. The van der Waals surface area contributed by atoms with Crippen LogP contribution in [0.5, 0.6) is 0 Å².